The van der Waals surface area contributed by atoms with E-state index < -0.39 is 0 Å². The molecule has 2 heterocycles. The summed E-state index contributed by atoms with van der Waals surface area (Å²) in [6.45, 7) is 5.90. The maximum atomic E-state index is 13.1. The molecule has 5 nitrogen and oxygen atoms in total. The van der Waals surface area contributed by atoms with Crippen molar-refractivity contribution in [3.8, 4) is 0 Å². The van der Waals surface area contributed by atoms with Gasteiger partial charge in [0.25, 0.3) is 0 Å². The minimum absolute atomic E-state index is 0.0352. The summed E-state index contributed by atoms with van der Waals surface area (Å²) in [5.41, 5.74) is 3.21. The molecule has 2 aromatic rings. The number of carbonyl (C=O) groups excluding carboxylic acids is 2. The van der Waals surface area contributed by atoms with Gasteiger partial charge >= 0.3 is 0 Å². The van der Waals surface area contributed by atoms with Crippen LogP contribution in [0.4, 0.5) is 11.4 Å². The Morgan fingerprint density at radius 2 is 1.66 bits per heavy atom. The second-order valence-corrected chi connectivity index (χ2v) is 7.95. The molecule has 2 aromatic carbocycles. The highest BCUT2D eigenvalue weighted by Crippen LogP contribution is 2.29. The highest BCUT2D eigenvalue weighted by molar-refractivity contribution is 6.00. The average Bonchev–Trinajstić information content (AvgIpc) is 3.42. The number of benzene rings is 2. The number of carbonyl (C=O) groups is 2. The fraction of sp³-hybridized carbons (Fsp3) is 0.417. The van der Waals surface area contributed by atoms with E-state index in [1.54, 1.807) is 4.90 Å². The number of nitrogens with zero attached hydrogens (tertiary/aromatic N) is 3. The topological polar surface area (TPSA) is 43.9 Å². The van der Waals surface area contributed by atoms with Crippen molar-refractivity contribution in [1.82, 2.24) is 4.90 Å². The second kappa shape index (κ2) is 8.68. The van der Waals surface area contributed by atoms with E-state index in [1.807, 2.05) is 54.3 Å². The molecule has 0 spiro atoms. The average molecular weight is 392 g/mol. The highest BCUT2D eigenvalue weighted by atomic mass is 16.2. The third kappa shape index (κ3) is 4.29. The van der Waals surface area contributed by atoms with E-state index in [1.165, 1.54) is 18.5 Å². The molecule has 0 aromatic heterocycles. The van der Waals surface area contributed by atoms with Gasteiger partial charge in [-0.2, -0.15) is 0 Å². The first-order chi connectivity index (χ1) is 14.2. The Hall–Kier alpha value is -2.82. The van der Waals surface area contributed by atoms with Gasteiger partial charge in [-0.1, -0.05) is 30.3 Å². The normalized spacial score (nSPS) is 19.1. The summed E-state index contributed by atoms with van der Waals surface area (Å²) >= 11 is 0. The van der Waals surface area contributed by atoms with E-state index >= 15 is 0 Å². The number of amides is 2. The van der Waals surface area contributed by atoms with Crippen molar-refractivity contribution in [2.45, 2.75) is 32.7 Å². The lowest BCUT2D eigenvalue weighted by Gasteiger charge is -2.24. The molecule has 2 fully saturated rings. The summed E-state index contributed by atoms with van der Waals surface area (Å²) in [5.74, 6) is -0.168. The van der Waals surface area contributed by atoms with Crippen molar-refractivity contribution in [2.75, 3.05) is 36.0 Å². The summed E-state index contributed by atoms with van der Waals surface area (Å²) in [5, 5.41) is 0. The van der Waals surface area contributed by atoms with E-state index in [4.69, 9.17) is 0 Å². The first kappa shape index (κ1) is 19.5. The molecule has 2 aliphatic rings. The van der Waals surface area contributed by atoms with Crippen LogP contribution in [0.1, 0.15) is 31.7 Å². The zero-order valence-corrected chi connectivity index (χ0v) is 17.1. The Morgan fingerprint density at radius 1 is 1.00 bits per heavy atom. The van der Waals surface area contributed by atoms with Gasteiger partial charge in [0.1, 0.15) is 0 Å². The molecular weight excluding hydrogens is 362 g/mol. The minimum Gasteiger partial charge on any atom is -0.372 e. The van der Waals surface area contributed by atoms with Crippen LogP contribution in [-0.4, -0.2) is 42.9 Å². The molecule has 0 radical (unpaired) electrons. The van der Waals surface area contributed by atoms with E-state index in [0.717, 1.165) is 24.3 Å². The van der Waals surface area contributed by atoms with E-state index in [9.17, 15) is 9.59 Å². The molecule has 0 aliphatic carbocycles. The largest absolute Gasteiger partial charge is 0.372 e. The van der Waals surface area contributed by atoms with Crippen molar-refractivity contribution >= 4 is 23.2 Å². The van der Waals surface area contributed by atoms with Crippen LogP contribution in [0.3, 0.4) is 0 Å². The van der Waals surface area contributed by atoms with E-state index in [2.05, 4.69) is 17.0 Å². The molecule has 1 unspecified atom stereocenters. The van der Waals surface area contributed by atoms with Crippen LogP contribution in [-0.2, 0) is 16.1 Å². The molecular formula is C24H29N3O2. The van der Waals surface area contributed by atoms with E-state index in [-0.39, 0.29) is 24.2 Å². The fourth-order valence-corrected chi connectivity index (χ4v) is 4.35. The van der Waals surface area contributed by atoms with Gasteiger partial charge in [-0.25, -0.2) is 0 Å². The van der Waals surface area contributed by atoms with Gasteiger partial charge in [0.05, 0.1) is 5.92 Å². The Balaban J connectivity index is 1.42. The summed E-state index contributed by atoms with van der Waals surface area (Å²) in [4.78, 5) is 31.7. The zero-order valence-electron chi connectivity index (χ0n) is 17.1. The van der Waals surface area contributed by atoms with Crippen LogP contribution in [0.2, 0.25) is 0 Å². The van der Waals surface area contributed by atoms with Gasteiger partial charge in [0, 0.05) is 50.5 Å². The molecule has 2 amide bonds. The van der Waals surface area contributed by atoms with Crippen LogP contribution in [0.5, 0.6) is 0 Å². The van der Waals surface area contributed by atoms with Crippen molar-refractivity contribution < 1.29 is 9.59 Å². The lowest BCUT2D eigenvalue weighted by Crippen LogP contribution is -2.37. The maximum absolute atomic E-state index is 13.1. The first-order valence-electron chi connectivity index (χ1n) is 10.6. The standard InChI is InChI=1S/C24H29N3O2/c1-2-25(17-19-8-4-3-5-9-19)24(29)20-16-23(28)27(18-20)22-12-10-21(11-13-22)26-14-6-7-15-26/h3-5,8-13,20H,2,6-7,14-18H2,1H3. The maximum Gasteiger partial charge on any atom is 0.228 e. The Labute approximate surface area is 172 Å². The van der Waals surface area contributed by atoms with Gasteiger partial charge in [0.15, 0.2) is 0 Å². The Morgan fingerprint density at radius 3 is 2.31 bits per heavy atom. The molecule has 0 N–H and O–H groups in total. The van der Waals surface area contributed by atoms with Crippen molar-refractivity contribution in [2.24, 2.45) is 5.92 Å². The van der Waals surface area contributed by atoms with Crippen LogP contribution >= 0.6 is 0 Å². The van der Waals surface area contributed by atoms with Crippen molar-refractivity contribution in [3.05, 3.63) is 60.2 Å². The minimum atomic E-state index is -0.274. The quantitative estimate of drug-likeness (QED) is 0.754. The smallest absolute Gasteiger partial charge is 0.228 e. The molecule has 1 atom stereocenters. The molecule has 29 heavy (non-hydrogen) atoms. The van der Waals surface area contributed by atoms with Crippen LogP contribution in [0, 0.1) is 5.92 Å². The predicted octanol–water partition coefficient (Wildman–Crippen LogP) is 3.69. The first-order valence-corrected chi connectivity index (χ1v) is 10.6. The molecule has 0 bridgehead atoms. The second-order valence-electron chi connectivity index (χ2n) is 7.95. The third-order valence-electron chi connectivity index (χ3n) is 6.02. The number of anilines is 2. The molecule has 0 saturated carbocycles. The number of hydrogen-bond donors (Lipinski definition) is 0. The zero-order chi connectivity index (χ0) is 20.2. The molecule has 152 valence electrons. The van der Waals surface area contributed by atoms with Gasteiger partial charge in [-0.15, -0.1) is 0 Å². The Bertz CT molecular complexity index is 844. The molecule has 4 rings (SSSR count). The summed E-state index contributed by atoms with van der Waals surface area (Å²) < 4.78 is 0. The Kier molecular flexibility index (Phi) is 5.84. The van der Waals surface area contributed by atoms with Crippen LogP contribution in [0.25, 0.3) is 0 Å². The fourth-order valence-electron chi connectivity index (χ4n) is 4.35. The molecule has 2 aliphatic heterocycles. The lowest BCUT2D eigenvalue weighted by molar-refractivity contribution is -0.136. The predicted molar refractivity (Wildman–Crippen MR) is 116 cm³/mol. The monoisotopic (exact) mass is 391 g/mol. The van der Waals surface area contributed by atoms with E-state index in [0.29, 0.717) is 19.6 Å². The number of hydrogen-bond acceptors (Lipinski definition) is 3. The molecule has 2 saturated heterocycles. The SMILES string of the molecule is CCN(Cc1ccccc1)C(=O)C1CC(=O)N(c2ccc(N3CCCC3)cc2)C1. The van der Waals surface area contributed by atoms with Crippen LogP contribution in [0.15, 0.2) is 54.6 Å². The summed E-state index contributed by atoms with van der Waals surface area (Å²) in [6, 6.07) is 18.2. The number of rotatable bonds is 6. The third-order valence-corrected chi connectivity index (χ3v) is 6.02. The summed E-state index contributed by atoms with van der Waals surface area (Å²) in [6.07, 6.45) is 2.78. The van der Waals surface area contributed by atoms with Gasteiger partial charge < -0.3 is 14.7 Å². The highest BCUT2D eigenvalue weighted by Gasteiger charge is 2.37. The van der Waals surface area contributed by atoms with Gasteiger partial charge in [-0.3, -0.25) is 9.59 Å². The summed E-state index contributed by atoms with van der Waals surface area (Å²) in [7, 11) is 0. The van der Waals surface area contributed by atoms with Gasteiger partial charge in [-0.05, 0) is 49.6 Å². The molecule has 5 heteroatoms. The van der Waals surface area contributed by atoms with Gasteiger partial charge in [0.2, 0.25) is 11.8 Å². The van der Waals surface area contributed by atoms with Crippen molar-refractivity contribution in [3.63, 3.8) is 0 Å². The lowest BCUT2D eigenvalue weighted by atomic mass is 10.1. The van der Waals surface area contributed by atoms with Crippen LogP contribution < -0.4 is 9.80 Å². The van der Waals surface area contributed by atoms with Crippen molar-refractivity contribution in [1.29, 1.82) is 0 Å².